The van der Waals surface area contributed by atoms with Crippen LogP contribution in [0, 0.1) is 10.1 Å². The maximum absolute atomic E-state index is 11.0. The van der Waals surface area contributed by atoms with Gasteiger partial charge in [0.2, 0.25) is 0 Å². The number of rotatable bonds is 6. The zero-order valence-electron chi connectivity index (χ0n) is 12.0. The molecule has 21 heavy (non-hydrogen) atoms. The molecule has 1 aromatic rings. The molecule has 1 unspecified atom stereocenters. The van der Waals surface area contributed by atoms with E-state index in [1.54, 1.807) is 0 Å². The Labute approximate surface area is 122 Å². The fourth-order valence-electron chi connectivity index (χ4n) is 2.15. The first kappa shape index (κ1) is 15.5. The Bertz CT molecular complexity index is 497. The molecule has 1 aromatic heterocycles. The lowest BCUT2D eigenvalue weighted by Crippen LogP contribution is -2.44. The summed E-state index contributed by atoms with van der Waals surface area (Å²) in [6, 6.07) is 2.89. The second-order valence-electron chi connectivity index (χ2n) is 4.87. The van der Waals surface area contributed by atoms with Gasteiger partial charge in [0.1, 0.15) is 11.6 Å². The van der Waals surface area contributed by atoms with Crippen molar-refractivity contribution in [3.8, 4) is 0 Å². The third kappa shape index (κ3) is 4.02. The third-order valence-corrected chi connectivity index (χ3v) is 3.23. The van der Waals surface area contributed by atoms with E-state index in [4.69, 9.17) is 4.74 Å². The van der Waals surface area contributed by atoms with Crippen molar-refractivity contribution in [2.45, 2.75) is 19.4 Å². The van der Waals surface area contributed by atoms with Crippen LogP contribution in [0.4, 0.5) is 17.3 Å². The minimum absolute atomic E-state index is 0.00523. The zero-order valence-corrected chi connectivity index (χ0v) is 12.0. The number of nitro groups is 1. The van der Waals surface area contributed by atoms with E-state index < -0.39 is 4.92 Å². The van der Waals surface area contributed by atoms with Gasteiger partial charge >= 0.3 is 0 Å². The summed E-state index contributed by atoms with van der Waals surface area (Å²) in [6.45, 7) is 4.17. The molecule has 2 rings (SSSR count). The second-order valence-corrected chi connectivity index (χ2v) is 4.87. The van der Waals surface area contributed by atoms with Crippen molar-refractivity contribution in [2.75, 3.05) is 43.1 Å². The van der Waals surface area contributed by atoms with Crippen LogP contribution in [0.2, 0.25) is 0 Å². The van der Waals surface area contributed by atoms with Crippen LogP contribution < -0.4 is 10.2 Å². The number of morpholine rings is 1. The average Bonchev–Trinajstić information content (AvgIpc) is 2.52. The third-order valence-electron chi connectivity index (χ3n) is 3.23. The van der Waals surface area contributed by atoms with Crippen molar-refractivity contribution >= 4 is 17.3 Å². The first-order valence-corrected chi connectivity index (χ1v) is 7.01. The van der Waals surface area contributed by atoms with E-state index in [0.717, 1.165) is 6.42 Å². The summed E-state index contributed by atoms with van der Waals surface area (Å²) in [5.74, 6) is 1.03. The summed E-state index contributed by atoms with van der Waals surface area (Å²) in [5.41, 5.74) is 0.00523. The quantitative estimate of drug-likeness (QED) is 0.596. The molecule has 1 fully saturated rings. The van der Waals surface area contributed by atoms with E-state index in [1.807, 2.05) is 11.8 Å². The van der Waals surface area contributed by atoms with Crippen molar-refractivity contribution in [1.29, 1.82) is 0 Å². The lowest BCUT2D eigenvalue weighted by Gasteiger charge is -2.32. The van der Waals surface area contributed by atoms with E-state index in [2.05, 4.69) is 10.3 Å². The van der Waals surface area contributed by atoms with Gasteiger partial charge in [-0.3, -0.25) is 10.1 Å². The van der Waals surface area contributed by atoms with E-state index in [1.165, 1.54) is 12.1 Å². The number of anilines is 2. The van der Waals surface area contributed by atoms with Crippen LogP contribution in [0.3, 0.4) is 0 Å². The van der Waals surface area contributed by atoms with Crippen molar-refractivity contribution < 1.29 is 14.8 Å². The Kier molecular flexibility index (Phi) is 5.29. The van der Waals surface area contributed by atoms with Crippen LogP contribution in [0.15, 0.2) is 12.1 Å². The number of aromatic nitrogens is 1. The highest BCUT2D eigenvalue weighted by Crippen LogP contribution is 2.24. The molecule has 8 nitrogen and oxygen atoms in total. The average molecular weight is 296 g/mol. The normalized spacial score (nSPS) is 18.6. The molecule has 116 valence electrons. The predicted molar refractivity (Wildman–Crippen MR) is 78.7 cm³/mol. The molecule has 2 N–H and O–H groups in total. The summed E-state index contributed by atoms with van der Waals surface area (Å²) >= 11 is 0. The number of aliphatic hydroxyl groups is 1. The van der Waals surface area contributed by atoms with Gasteiger partial charge < -0.3 is 20.1 Å². The summed E-state index contributed by atoms with van der Waals surface area (Å²) in [5, 5.41) is 23.3. The molecule has 1 aliphatic heterocycles. The highest BCUT2D eigenvalue weighted by atomic mass is 16.6. The molecule has 0 aliphatic carbocycles. The van der Waals surface area contributed by atoms with Crippen molar-refractivity contribution in [3.63, 3.8) is 0 Å². The molecule has 1 saturated heterocycles. The Morgan fingerprint density at radius 2 is 2.43 bits per heavy atom. The Morgan fingerprint density at radius 1 is 1.62 bits per heavy atom. The number of nitrogens with zero attached hydrogens (tertiary/aromatic N) is 3. The number of aliphatic hydroxyl groups excluding tert-OH is 1. The van der Waals surface area contributed by atoms with Gasteiger partial charge in [-0.1, -0.05) is 6.92 Å². The minimum Gasteiger partial charge on any atom is -0.394 e. The fraction of sp³-hybridized carbons (Fsp3) is 0.615. The lowest BCUT2D eigenvalue weighted by atomic mass is 10.2. The second kappa shape index (κ2) is 7.19. The highest BCUT2D eigenvalue weighted by Gasteiger charge is 2.23. The molecular weight excluding hydrogens is 276 g/mol. The fourth-order valence-corrected chi connectivity index (χ4v) is 2.15. The van der Waals surface area contributed by atoms with Crippen LogP contribution in [0.25, 0.3) is 0 Å². The molecule has 0 radical (unpaired) electrons. The van der Waals surface area contributed by atoms with E-state index >= 15 is 0 Å². The lowest BCUT2D eigenvalue weighted by molar-refractivity contribution is -0.384. The van der Waals surface area contributed by atoms with Gasteiger partial charge in [-0.25, -0.2) is 4.98 Å². The monoisotopic (exact) mass is 296 g/mol. The van der Waals surface area contributed by atoms with Crippen LogP contribution >= 0.6 is 0 Å². The molecule has 1 atom stereocenters. The van der Waals surface area contributed by atoms with Crippen molar-refractivity contribution in [3.05, 3.63) is 22.2 Å². The SMILES string of the molecule is CCCNc1cc([N+](=O)[O-])cc(N2CCOC(CO)C2)n1. The molecule has 0 aromatic carbocycles. The number of nitrogens with one attached hydrogen (secondary N) is 1. The number of hydrogen-bond acceptors (Lipinski definition) is 7. The molecule has 2 heterocycles. The summed E-state index contributed by atoms with van der Waals surface area (Å²) in [4.78, 5) is 16.9. The minimum atomic E-state index is -0.424. The highest BCUT2D eigenvalue weighted by molar-refractivity contribution is 5.56. The number of hydrogen-bond donors (Lipinski definition) is 2. The first-order chi connectivity index (χ1) is 10.1. The first-order valence-electron chi connectivity index (χ1n) is 7.01. The standard InChI is InChI=1S/C13H20N4O4/c1-2-3-14-12-6-10(17(19)20)7-13(15-12)16-4-5-21-11(8-16)9-18/h6-7,11,18H,2-5,8-9H2,1H3,(H,14,15). The topological polar surface area (TPSA) is 101 Å². The van der Waals surface area contributed by atoms with Gasteiger partial charge in [-0.2, -0.15) is 0 Å². The van der Waals surface area contributed by atoms with Crippen LogP contribution in [0.1, 0.15) is 13.3 Å². The van der Waals surface area contributed by atoms with E-state index in [-0.39, 0.29) is 18.4 Å². The van der Waals surface area contributed by atoms with Crippen LogP contribution in [0.5, 0.6) is 0 Å². The van der Waals surface area contributed by atoms with Crippen LogP contribution in [-0.4, -0.2) is 54.0 Å². The smallest absolute Gasteiger partial charge is 0.276 e. The van der Waals surface area contributed by atoms with Gasteiger partial charge in [0.25, 0.3) is 5.69 Å². The molecule has 8 heteroatoms. The molecule has 0 saturated carbocycles. The van der Waals surface area contributed by atoms with Gasteiger partial charge in [-0.05, 0) is 6.42 Å². The molecule has 0 amide bonds. The molecular formula is C13H20N4O4. The Hall–Kier alpha value is -1.93. The van der Waals surface area contributed by atoms with Gasteiger partial charge in [0, 0.05) is 19.6 Å². The van der Waals surface area contributed by atoms with Crippen molar-refractivity contribution in [2.24, 2.45) is 0 Å². The van der Waals surface area contributed by atoms with Crippen LogP contribution in [-0.2, 0) is 4.74 Å². The van der Waals surface area contributed by atoms with E-state index in [0.29, 0.717) is 37.9 Å². The summed E-state index contributed by atoms with van der Waals surface area (Å²) in [7, 11) is 0. The molecule has 0 bridgehead atoms. The molecule has 1 aliphatic rings. The molecule has 0 spiro atoms. The van der Waals surface area contributed by atoms with Crippen molar-refractivity contribution in [1.82, 2.24) is 4.98 Å². The predicted octanol–water partition coefficient (Wildman–Crippen LogP) is 1.01. The summed E-state index contributed by atoms with van der Waals surface area (Å²) in [6.07, 6.45) is 0.621. The van der Waals surface area contributed by atoms with Gasteiger partial charge in [-0.15, -0.1) is 0 Å². The van der Waals surface area contributed by atoms with Gasteiger partial charge in [0.15, 0.2) is 0 Å². The summed E-state index contributed by atoms with van der Waals surface area (Å²) < 4.78 is 5.38. The van der Waals surface area contributed by atoms with E-state index in [9.17, 15) is 15.2 Å². The van der Waals surface area contributed by atoms with Gasteiger partial charge in [0.05, 0.1) is 36.4 Å². The number of ether oxygens (including phenoxy) is 1. The Morgan fingerprint density at radius 3 is 3.10 bits per heavy atom. The zero-order chi connectivity index (χ0) is 15.2. The maximum Gasteiger partial charge on any atom is 0.276 e. The largest absolute Gasteiger partial charge is 0.394 e. The number of pyridine rings is 1. The maximum atomic E-state index is 11.0. The Balaban J connectivity index is 2.24.